The SMILES string of the molecule is CN1CCN(c2cc[c]c(NCc3ccccc3)c2)CC1. The summed E-state index contributed by atoms with van der Waals surface area (Å²) in [7, 11) is 2.18. The first-order valence-corrected chi connectivity index (χ1v) is 7.54. The van der Waals surface area contributed by atoms with Crippen molar-refractivity contribution in [2.75, 3.05) is 43.4 Å². The van der Waals surface area contributed by atoms with Gasteiger partial charge in [0.25, 0.3) is 0 Å². The summed E-state index contributed by atoms with van der Waals surface area (Å²) < 4.78 is 0. The van der Waals surface area contributed by atoms with Gasteiger partial charge in [0, 0.05) is 50.2 Å². The van der Waals surface area contributed by atoms with E-state index in [0.717, 1.165) is 38.4 Å². The van der Waals surface area contributed by atoms with Crippen LogP contribution in [0.2, 0.25) is 0 Å². The normalized spacial score (nSPS) is 16.0. The average Bonchev–Trinajstić information content (AvgIpc) is 2.55. The molecule has 3 nitrogen and oxygen atoms in total. The Bertz CT molecular complexity index is 560. The molecule has 0 saturated carbocycles. The van der Waals surface area contributed by atoms with Gasteiger partial charge >= 0.3 is 0 Å². The van der Waals surface area contributed by atoms with Gasteiger partial charge < -0.3 is 15.1 Å². The average molecular weight is 280 g/mol. The Balaban J connectivity index is 1.63. The van der Waals surface area contributed by atoms with E-state index in [2.05, 4.69) is 64.6 Å². The Morgan fingerprint density at radius 3 is 2.57 bits per heavy atom. The van der Waals surface area contributed by atoms with Crippen molar-refractivity contribution in [3.8, 4) is 0 Å². The lowest BCUT2D eigenvalue weighted by molar-refractivity contribution is 0.313. The third kappa shape index (κ3) is 3.76. The molecular weight excluding hydrogens is 258 g/mol. The van der Waals surface area contributed by atoms with Crippen molar-refractivity contribution in [3.05, 3.63) is 60.2 Å². The Kier molecular flexibility index (Phi) is 4.41. The van der Waals surface area contributed by atoms with Crippen molar-refractivity contribution in [2.45, 2.75) is 6.54 Å². The Labute approximate surface area is 127 Å². The molecule has 109 valence electrons. The molecule has 1 radical (unpaired) electrons. The van der Waals surface area contributed by atoms with Crippen molar-refractivity contribution in [3.63, 3.8) is 0 Å². The maximum atomic E-state index is 3.46. The van der Waals surface area contributed by atoms with Crippen LogP contribution in [0.5, 0.6) is 0 Å². The highest BCUT2D eigenvalue weighted by atomic mass is 15.2. The van der Waals surface area contributed by atoms with E-state index in [-0.39, 0.29) is 0 Å². The molecule has 2 aromatic carbocycles. The van der Waals surface area contributed by atoms with Crippen molar-refractivity contribution in [1.29, 1.82) is 0 Å². The van der Waals surface area contributed by atoms with E-state index >= 15 is 0 Å². The van der Waals surface area contributed by atoms with Crippen molar-refractivity contribution in [1.82, 2.24) is 4.90 Å². The Hall–Kier alpha value is -2.00. The van der Waals surface area contributed by atoms with E-state index in [1.807, 2.05) is 12.1 Å². The standard InChI is InChI=1S/C18H22N3/c1-20-10-12-21(13-11-20)18-9-5-8-17(14-18)19-15-16-6-3-2-4-7-16/h2-7,9,14,19H,10-13,15H2,1H3. The van der Waals surface area contributed by atoms with Crippen molar-refractivity contribution in [2.24, 2.45) is 0 Å². The van der Waals surface area contributed by atoms with E-state index in [9.17, 15) is 0 Å². The molecule has 0 spiro atoms. The second-order valence-corrected chi connectivity index (χ2v) is 5.59. The maximum Gasteiger partial charge on any atom is 0.0444 e. The number of rotatable bonds is 4. The number of nitrogens with zero attached hydrogens (tertiary/aromatic N) is 2. The van der Waals surface area contributed by atoms with E-state index in [1.54, 1.807) is 0 Å². The molecule has 0 atom stereocenters. The second-order valence-electron chi connectivity index (χ2n) is 5.59. The number of hydrogen-bond donors (Lipinski definition) is 1. The minimum atomic E-state index is 0.837. The molecule has 2 aromatic rings. The van der Waals surface area contributed by atoms with Crippen molar-refractivity contribution < 1.29 is 0 Å². The van der Waals surface area contributed by atoms with E-state index in [1.165, 1.54) is 11.3 Å². The number of nitrogens with one attached hydrogen (secondary N) is 1. The summed E-state index contributed by atoms with van der Waals surface area (Å²) in [6.07, 6.45) is 0. The zero-order valence-electron chi connectivity index (χ0n) is 12.5. The van der Waals surface area contributed by atoms with Crippen LogP contribution in [0.1, 0.15) is 5.56 Å². The number of likely N-dealkylation sites (N-methyl/N-ethyl adjacent to an activating group) is 1. The highest BCUT2D eigenvalue weighted by Crippen LogP contribution is 2.20. The summed E-state index contributed by atoms with van der Waals surface area (Å²) >= 11 is 0. The van der Waals surface area contributed by atoms with Gasteiger partial charge in [0.2, 0.25) is 0 Å². The molecular formula is C18H22N3. The monoisotopic (exact) mass is 280 g/mol. The quantitative estimate of drug-likeness (QED) is 0.929. The molecule has 3 rings (SSSR count). The molecule has 1 fully saturated rings. The lowest BCUT2D eigenvalue weighted by Crippen LogP contribution is -2.44. The van der Waals surface area contributed by atoms with Gasteiger partial charge in [0.1, 0.15) is 0 Å². The zero-order chi connectivity index (χ0) is 14.5. The van der Waals surface area contributed by atoms with Gasteiger partial charge in [-0.3, -0.25) is 0 Å². The molecule has 0 amide bonds. The minimum absolute atomic E-state index is 0.837. The molecule has 1 saturated heterocycles. The van der Waals surface area contributed by atoms with Gasteiger partial charge in [-0.2, -0.15) is 0 Å². The van der Waals surface area contributed by atoms with Crippen LogP contribution < -0.4 is 10.2 Å². The van der Waals surface area contributed by atoms with Crippen LogP contribution in [0.15, 0.2) is 48.5 Å². The van der Waals surface area contributed by atoms with Gasteiger partial charge in [-0.05, 0) is 24.7 Å². The highest BCUT2D eigenvalue weighted by Gasteiger charge is 2.14. The summed E-state index contributed by atoms with van der Waals surface area (Å²) in [6, 6.07) is 20.1. The molecule has 1 heterocycles. The zero-order valence-corrected chi connectivity index (χ0v) is 12.5. The summed E-state index contributed by atoms with van der Waals surface area (Å²) in [5, 5.41) is 3.46. The van der Waals surface area contributed by atoms with Crippen LogP contribution in [0, 0.1) is 6.07 Å². The van der Waals surface area contributed by atoms with Gasteiger partial charge in [-0.1, -0.05) is 36.4 Å². The van der Waals surface area contributed by atoms with Crippen LogP contribution in [0.4, 0.5) is 11.4 Å². The third-order valence-electron chi connectivity index (χ3n) is 3.98. The van der Waals surface area contributed by atoms with Crippen LogP contribution in [-0.4, -0.2) is 38.1 Å². The topological polar surface area (TPSA) is 18.5 Å². The van der Waals surface area contributed by atoms with Crippen LogP contribution >= 0.6 is 0 Å². The summed E-state index contributed by atoms with van der Waals surface area (Å²) in [4.78, 5) is 4.82. The molecule has 0 unspecified atom stereocenters. The lowest BCUT2D eigenvalue weighted by Gasteiger charge is -2.34. The lowest BCUT2D eigenvalue weighted by atomic mass is 10.2. The van der Waals surface area contributed by atoms with Gasteiger partial charge in [-0.15, -0.1) is 0 Å². The van der Waals surface area contributed by atoms with Crippen LogP contribution in [-0.2, 0) is 6.54 Å². The smallest absolute Gasteiger partial charge is 0.0444 e. The summed E-state index contributed by atoms with van der Waals surface area (Å²) in [5.74, 6) is 0. The number of anilines is 2. The minimum Gasteiger partial charge on any atom is -0.380 e. The first kappa shape index (κ1) is 14.0. The predicted octanol–water partition coefficient (Wildman–Crippen LogP) is 2.85. The first-order valence-electron chi connectivity index (χ1n) is 7.54. The highest BCUT2D eigenvalue weighted by molar-refractivity contribution is 5.57. The number of benzene rings is 2. The molecule has 0 bridgehead atoms. The number of hydrogen-bond acceptors (Lipinski definition) is 3. The van der Waals surface area contributed by atoms with E-state index in [0.29, 0.717) is 0 Å². The fourth-order valence-corrected chi connectivity index (χ4v) is 2.61. The van der Waals surface area contributed by atoms with E-state index in [4.69, 9.17) is 0 Å². The van der Waals surface area contributed by atoms with Gasteiger partial charge in [0.15, 0.2) is 0 Å². The van der Waals surface area contributed by atoms with E-state index < -0.39 is 0 Å². The van der Waals surface area contributed by atoms with Gasteiger partial charge in [0.05, 0.1) is 0 Å². The Morgan fingerprint density at radius 2 is 1.81 bits per heavy atom. The second kappa shape index (κ2) is 6.64. The van der Waals surface area contributed by atoms with Crippen LogP contribution in [0.25, 0.3) is 0 Å². The molecule has 0 aromatic heterocycles. The fourth-order valence-electron chi connectivity index (χ4n) is 2.61. The molecule has 3 heteroatoms. The maximum absolute atomic E-state index is 3.46. The molecule has 1 aliphatic heterocycles. The molecule has 1 aliphatic rings. The Morgan fingerprint density at radius 1 is 1.05 bits per heavy atom. The largest absolute Gasteiger partial charge is 0.380 e. The summed E-state index contributed by atoms with van der Waals surface area (Å²) in [6.45, 7) is 5.29. The molecule has 0 aliphatic carbocycles. The third-order valence-corrected chi connectivity index (χ3v) is 3.98. The van der Waals surface area contributed by atoms with Gasteiger partial charge in [-0.25, -0.2) is 0 Å². The predicted molar refractivity (Wildman–Crippen MR) is 88.8 cm³/mol. The number of piperazine rings is 1. The first-order chi connectivity index (χ1) is 10.3. The van der Waals surface area contributed by atoms with Crippen molar-refractivity contribution >= 4 is 11.4 Å². The van der Waals surface area contributed by atoms with Crippen LogP contribution in [0.3, 0.4) is 0 Å². The summed E-state index contributed by atoms with van der Waals surface area (Å²) in [5.41, 5.74) is 3.64. The molecule has 1 N–H and O–H groups in total. The molecule has 21 heavy (non-hydrogen) atoms. The fraction of sp³-hybridized carbons (Fsp3) is 0.333.